The number of aromatic nitrogens is 2. The average Bonchev–Trinajstić information content (AvgIpc) is 3.48. The third kappa shape index (κ3) is 5.51. The normalized spacial score (nSPS) is 13.6. The van der Waals surface area contributed by atoms with Gasteiger partial charge in [-0.05, 0) is 63.6 Å². The first-order chi connectivity index (χ1) is 19.6. The lowest BCUT2D eigenvalue weighted by Gasteiger charge is -2.19. The molecule has 0 bridgehead atoms. The van der Waals surface area contributed by atoms with Gasteiger partial charge in [0.15, 0.2) is 22.8 Å². The Kier molecular flexibility index (Phi) is 6.73. The van der Waals surface area contributed by atoms with E-state index in [0.717, 1.165) is 15.1 Å². The third-order valence-electron chi connectivity index (χ3n) is 6.26. The molecule has 0 saturated carbocycles. The van der Waals surface area contributed by atoms with Crippen LogP contribution in [0.25, 0.3) is 22.2 Å². The van der Waals surface area contributed by atoms with E-state index in [2.05, 4.69) is 26.0 Å². The van der Waals surface area contributed by atoms with E-state index in [1.807, 2.05) is 0 Å². The molecule has 1 N–H and O–H groups in total. The molecule has 0 radical (unpaired) electrons. The Labute approximate surface area is 237 Å². The maximum absolute atomic E-state index is 13.5. The summed E-state index contributed by atoms with van der Waals surface area (Å²) >= 11 is 0. The Hall–Kier alpha value is -5.25. The largest absolute Gasteiger partial charge is 0.586 e. The highest BCUT2D eigenvalue weighted by Crippen LogP contribution is 2.42. The summed E-state index contributed by atoms with van der Waals surface area (Å²) < 4.78 is 42.5. The molecule has 2 amide bonds. The predicted octanol–water partition coefficient (Wildman–Crippen LogP) is 4.35. The summed E-state index contributed by atoms with van der Waals surface area (Å²) in [6.07, 6.45) is -3.82. The molecular weight excluding hydrogens is 552 g/mol. The van der Waals surface area contributed by atoms with Crippen LogP contribution in [0.4, 0.5) is 14.5 Å². The van der Waals surface area contributed by atoms with Gasteiger partial charge < -0.3 is 24.1 Å². The fraction of sp³-hybridized carbons (Fsp3) is 0.276. The van der Waals surface area contributed by atoms with Crippen molar-refractivity contribution in [3.63, 3.8) is 0 Å². The molecule has 2 aromatic heterocycles. The number of ether oxygens (including phenoxy) is 2. The van der Waals surface area contributed by atoms with Crippen LogP contribution >= 0.6 is 0 Å². The van der Waals surface area contributed by atoms with Gasteiger partial charge in [-0.2, -0.15) is 10.4 Å². The second-order valence-electron chi connectivity index (χ2n) is 10.8. The number of nitrogens with zero attached hydrogens (tertiary/aromatic N) is 4. The zero-order valence-corrected chi connectivity index (χ0v) is 23.2. The number of anilines is 1. The zero-order chi connectivity index (χ0) is 30.6. The highest BCUT2D eigenvalue weighted by molar-refractivity contribution is 5.99. The fourth-order valence-electron chi connectivity index (χ4n) is 4.40. The molecule has 0 fully saturated rings. The number of amides is 2. The highest BCUT2D eigenvalue weighted by Gasteiger charge is 2.43. The van der Waals surface area contributed by atoms with Crippen molar-refractivity contribution in [1.82, 2.24) is 15.1 Å². The number of nitrogens with one attached hydrogen (secondary N) is 1. The number of hydrogen-bond donors (Lipinski definition) is 1. The Bertz CT molecular complexity index is 1870. The molecule has 0 unspecified atom stereocenters. The van der Waals surface area contributed by atoms with Crippen molar-refractivity contribution in [2.45, 2.75) is 46.1 Å². The second kappa shape index (κ2) is 9.99. The number of nitriles is 1. The van der Waals surface area contributed by atoms with Crippen molar-refractivity contribution >= 4 is 28.5 Å². The second-order valence-corrected chi connectivity index (χ2v) is 10.8. The van der Waals surface area contributed by atoms with Crippen LogP contribution in [0.3, 0.4) is 0 Å². The van der Waals surface area contributed by atoms with E-state index in [9.17, 15) is 28.4 Å². The van der Waals surface area contributed by atoms with E-state index in [0.29, 0.717) is 11.1 Å². The van der Waals surface area contributed by atoms with Crippen molar-refractivity contribution in [3.8, 4) is 28.8 Å². The summed E-state index contributed by atoms with van der Waals surface area (Å²) in [6, 6.07) is 12.1. The maximum Gasteiger partial charge on any atom is 0.586 e. The molecule has 0 spiro atoms. The molecule has 2 aromatic carbocycles. The summed E-state index contributed by atoms with van der Waals surface area (Å²) in [4.78, 5) is 40.8. The smallest absolute Gasteiger partial charge is 0.448 e. The first-order valence-corrected chi connectivity index (χ1v) is 12.7. The van der Waals surface area contributed by atoms with E-state index >= 15 is 0 Å². The molecule has 0 aliphatic carbocycles. The number of carbonyl (C=O) groups excluding carboxylic acids is 2. The molecule has 3 heterocycles. The van der Waals surface area contributed by atoms with Crippen LogP contribution in [0.2, 0.25) is 0 Å². The molecule has 13 heteroatoms. The van der Waals surface area contributed by atoms with Crippen LogP contribution in [0, 0.1) is 18.3 Å². The first kappa shape index (κ1) is 28.3. The van der Waals surface area contributed by atoms with Crippen LogP contribution in [0.15, 0.2) is 51.7 Å². The number of fused-ring (bicyclic) bond motifs is 2. The lowest BCUT2D eigenvalue weighted by atomic mass is 10.0. The van der Waals surface area contributed by atoms with Crippen molar-refractivity contribution in [3.05, 3.63) is 69.7 Å². The Morgan fingerprint density at radius 2 is 1.83 bits per heavy atom. The number of furan rings is 1. The van der Waals surface area contributed by atoms with Gasteiger partial charge in [0.1, 0.15) is 12.2 Å². The number of alkyl halides is 2. The summed E-state index contributed by atoms with van der Waals surface area (Å²) in [5.41, 5.74) is 0.570. The first-order valence-electron chi connectivity index (χ1n) is 12.7. The molecule has 5 rings (SSSR count). The van der Waals surface area contributed by atoms with Gasteiger partial charge in [-0.1, -0.05) is 0 Å². The fourth-order valence-corrected chi connectivity index (χ4v) is 4.40. The van der Waals surface area contributed by atoms with Gasteiger partial charge >= 0.3 is 6.29 Å². The number of hydrogen-bond acceptors (Lipinski definition) is 8. The quantitative estimate of drug-likeness (QED) is 0.369. The van der Waals surface area contributed by atoms with E-state index in [1.165, 1.54) is 31.3 Å². The minimum Gasteiger partial charge on any atom is -0.448 e. The monoisotopic (exact) mass is 577 g/mol. The molecule has 0 saturated heterocycles. The van der Waals surface area contributed by atoms with Crippen molar-refractivity contribution in [2.75, 3.05) is 11.9 Å². The van der Waals surface area contributed by atoms with Crippen molar-refractivity contribution in [2.24, 2.45) is 0 Å². The van der Waals surface area contributed by atoms with E-state index in [-0.39, 0.29) is 39.6 Å². The standard InChI is InChI=1S/C29H25F2N5O6/c1-15-8-16(13-32)10-17(9-15)24-25-19(12-22(40-25)26(38)33-28(2,3)4)27(39)36(34-24)14-23(37)35(5)18-6-7-20-21(11-18)42-29(30,31)41-20/h6-12H,14H2,1-5H3,(H,33,38). The maximum atomic E-state index is 13.5. The molecule has 1 aliphatic rings. The van der Waals surface area contributed by atoms with Crippen molar-refractivity contribution < 1.29 is 32.3 Å². The van der Waals surface area contributed by atoms with E-state index in [4.69, 9.17) is 4.42 Å². The number of likely N-dealkylation sites (N-methyl/N-ethyl adjacent to an activating group) is 1. The summed E-state index contributed by atoms with van der Waals surface area (Å²) in [5.74, 6) is -1.73. The number of carbonyl (C=O) groups is 2. The lowest BCUT2D eigenvalue weighted by Crippen LogP contribution is -2.40. The van der Waals surface area contributed by atoms with Gasteiger partial charge in [-0.15, -0.1) is 8.78 Å². The average molecular weight is 578 g/mol. The zero-order valence-electron chi connectivity index (χ0n) is 23.2. The topological polar surface area (TPSA) is 140 Å². The molecule has 216 valence electrons. The predicted molar refractivity (Wildman–Crippen MR) is 146 cm³/mol. The molecule has 11 nitrogen and oxygen atoms in total. The van der Waals surface area contributed by atoms with Crippen LogP contribution < -0.4 is 25.2 Å². The van der Waals surface area contributed by atoms with Crippen LogP contribution in [-0.2, 0) is 11.3 Å². The Morgan fingerprint density at radius 1 is 1.12 bits per heavy atom. The van der Waals surface area contributed by atoms with E-state index in [1.54, 1.807) is 45.9 Å². The van der Waals surface area contributed by atoms with Crippen LogP contribution in [0.1, 0.15) is 42.5 Å². The third-order valence-corrected chi connectivity index (χ3v) is 6.26. The van der Waals surface area contributed by atoms with Gasteiger partial charge in [-0.25, -0.2) is 4.68 Å². The lowest BCUT2D eigenvalue weighted by molar-refractivity contribution is -0.286. The molecule has 1 aliphatic heterocycles. The summed E-state index contributed by atoms with van der Waals surface area (Å²) in [5, 5.41) is 16.7. The van der Waals surface area contributed by atoms with Gasteiger partial charge in [0.25, 0.3) is 11.5 Å². The molecule has 4 aromatic rings. The molecule has 42 heavy (non-hydrogen) atoms. The Balaban J connectivity index is 1.57. The van der Waals surface area contributed by atoms with Gasteiger partial charge in [-0.3, -0.25) is 14.4 Å². The van der Waals surface area contributed by atoms with Gasteiger partial charge in [0.2, 0.25) is 5.91 Å². The molecular formula is C29H25F2N5O6. The SMILES string of the molecule is Cc1cc(C#N)cc(-c2nn(CC(=O)N(C)c3ccc4c(c3)OC(F)(F)O4)c(=O)c3cc(C(=O)NC(C)(C)C)oc23)c1. The number of aryl methyl sites for hydroxylation is 1. The van der Waals surface area contributed by atoms with Crippen molar-refractivity contribution in [1.29, 1.82) is 5.26 Å². The van der Waals surface area contributed by atoms with Gasteiger partial charge in [0, 0.05) is 36.0 Å². The number of benzene rings is 2. The summed E-state index contributed by atoms with van der Waals surface area (Å²) in [7, 11) is 1.40. The van der Waals surface area contributed by atoms with Crippen LogP contribution in [0.5, 0.6) is 11.5 Å². The van der Waals surface area contributed by atoms with E-state index < -0.39 is 35.8 Å². The van der Waals surface area contributed by atoms with Crippen LogP contribution in [-0.4, -0.2) is 40.5 Å². The highest BCUT2D eigenvalue weighted by atomic mass is 19.3. The number of rotatable bonds is 5. The summed E-state index contributed by atoms with van der Waals surface area (Å²) in [6.45, 7) is 6.60. The molecule has 0 atom stereocenters. The Morgan fingerprint density at radius 3 is 2.52 bits per heavy atom. The minimum absolute atomic E-state index is 0.000151. The van der Waals surface area contributed by atoms with Gasteiger partial charge in [0.05, 0.1) is 17.0 Å². The minimum atomic E-state index is -3.82. The number of halogens is 2.